The molecule has 0 rings (SSSR count). The normalized spacial score (nSPS) is 11.2. The molecule has 0 N–H and O–H groups in total. The van der Waals surface area contributed by atoms with Gasteiger partial charge in [-0.3, -0.25) is 0 Å². The summed E-state index contributed by atoms with van der Waals surface area (Å²) >= 11 is 0. The van der Waals surface area contributed by atoms with E-state index in [1.807, 2.05) is 13.1 Å². The van der Waals surface area contributed by atoms with Gasteiger partial charge in [-0.1, -0.05) is 12.7 Å². The van der Waals surface area contributed by atoms with Gasteiger partial charge in [-0.2, -0.15) is 0 Å². The molecule has 0 saturated carbocycles. The fourth-order valence-electron chi connectivity index (χ4n) is 0.688. The van der Waals surface area contributed by atoms with Crippen LogP contribution in [0.5, 0.6) is 0 Å². The van der Waals surface area contributed by atoms with Gasteiger partial charge in [0.05, 0.1) is 0 Å². The third kappa shape index (κ3) is 2.36. The molecule has 0 fully saturated rings. The molecule has 0 aliphatic rings. The van der Waals surface area contributed by atoms with E-state index in [9.17, 15) is 0 Å². The highest BCUT2D eigenvalue weighted by Crippen LogP contribution is 2.00. The van der Waals surface area contributed by atoms with E-state index < -0.39 is 0 Å². The maximum atomic E-state index is 3.69. The van der Waals surface area contributed by atoms with Crippen molar-refractivity contribution in [1.29, 1.82) is 0 Å². The fraction of sp³-hybridized carbons (Fsp3) is 0.500. The minimum absolute atomic E-state index is 1.000. The fourth-order valence-corrected chi connectivity index (χ4v) is 0.688. The maximum absolute atomic E-state index is 3.69. The lowest BCUT2D eigenvalue weighted by atomic mass is 10.4. The van der Waals surface area contributed by atoms with Crippen LogP contribution in [0.4, 0.5) is 0 Å². The van der Waals surface area contributed by atoms with Crippen LogP contribution in [0.2, 0.25) is 0 Å². The molecule has 0 radical (unpaired) electrons. The molecule has 0 unspecified atom stereocenters. The molecule has 0 saturated heterocycles. The van der Waals surface area contributed by atoms with E-state index >= 15 is 0 Å². The average molecular weight is 125 g/mol. The van der Waals surface area contributed by atoms with Gasteiger partial charge in [-0.25, -0.2) is 0 Å². The van der Waals surface area contributed by atoms with E-state index in [1.54, 1.807) is 0 Å². The molecule has 0 bridgehead atoms. The second kappa shape index (κ2) is 4.19. The Morgan fingerprint density at radius 3 is 2.33 bits per heavy atom. The first kappa shape index (κ1) is 8.28. The van der Waals surface area contributed by atoms with Crippen molar-refractivity contribution in [2.75, 3.05) is 6.54 Å². The molecule has 0 aromatic heterocycles. The predicted octanol–water partition coefficient (Wildman–Crippen LogP) is 2.38. The van der Waals surface area contributed by atoms with Gasteiger partial charge >= 0.3 is 0 Å². The largest absolute Gasteiger partial charge is 0.353 e. The van der Waals surface area contributed by atoms with E-state index in [-0.39, 0.29) is 0 Å². The summed E-state index contributed by atoms with van der Waals surface area (Å²) in [6, 6.07) is 0. The van der Waals surface area contributed by atoms with Crippen molar-refractivity contribution in [2.24, 2.45) is 0 Å². The summed E-state index contributed by atoms with van der Waals surface area (Å²) in [5.41, 5.74) is 1.26. The van der Waals surface area contributed by atoms with Gasteiger partial charge in [0.2, 0.25) is 0 Å². The van der Waals surface area contributed by atoms with Crippen molar-refractivity contribution in [3.63, 3.8) is 0 Å². The quantitative estimate of drug-likeness (QED) is 0.559. The minimum atomic E-state index is 1.000. The Kier molecular flexibility index (Phi) is 3.85. The molecule has 0 amide bonds. The monoisotopic (exact) mass is 125 g/mol. The topological polar surface area (TPSA) is 3.24 Å². The van der Waals surface area contributed by atoms with Gasteiger partial charge in [0.1, 0.15) is 0 Å². The van der Waals surface area contributed by atoms with Gasteiger partial charge < -0.3 is 4.90 Å². The van der Waals surface area contributed by atoms with Crippen molar-refractivity contribution in [3.05, 3.63) is 24.6 Å². The van der Waals surface area contributed by atoms with Crippen molar-refractivity contribution in [3.8, 4) is 0 Å². The summed E-state index contributed by atoms with van der Waals surface area (Å²) in [5, 5.41) is 0. The van der Waals surface area contributed by atoms with Crippen molar-refractivity contribution >= 4 is 0 Å². The van der Waals surface area contributed by atoms with Crippen LogP contribution in [0.15, 0.2) is 24.6 Å². The van der Waals surface area contributed by atoms with E-state index in [1.165, 1.54) is 5.70 Å². The Morgan fingerprint density at radius 1 is 1.67 bits per heavy atom. The van der Waals surface area contributed by atoms with Crippen molar-refractivity contribution in [1.82, 2.24) is 4.90 Å². The van der Waals surface area contributed by atoms with Crippen LogP contribution in [0, 0.1) is 0 Å². The number of rotatable bonds is 3. The Morgan fingerprint density at radius 2 is 2.22 bits per heavy atom. The van der Waals surface area contributed by atoms with Crippen molar-refractivity contribution < 1.29 is 0 Å². The maximum Gasteiger partial charge on any atom is 0.0193 e. The molecule has 52 valence electrons. The lowest BCUT2D eigenvalue weighted by molar-refractivity contribution is 0.493. The Hall–Kier alpha value is -0.720. The summed E-state index contributed by atoms with van der Waals surface area (Å²) in [5.74, 6) is 0. The Labute approximate surface area is 57.7 Å². The van der Waals surface area contributed by atoms with E-state index in [2.05, 4.69) is 31.4 Å². The number of nitrogens with zero attached hydrogens (tertiary/aromatic N) is 1. The zero-order chi connectivity index (χ0) is 7.28. The van der Waals surface area contributed by atoms with Crippen LogP contribution in [-0.2, 0) is 0 Å². The summed E-state index contributed by atoms with van der Waals surface area (Å²) < 4.78 is 0. The van der Waals surface area contributed by atoms with Gasteiger partial charge in [0.15, 0.2) is 0 Å². The molecule has 0 aromatic rings. The average Bonchev–Trinajstić information content (AvgIpc) is 1.90. The molecular formula is C8H15N. The third-order valence-corrected chi connectivity index (χ3v) is 1.43. The molecule has 0 spiro atoms. The smallest absolute Gasteiger partial charge is 0.0193 e. The van der Waals surface area contributed by atoms with Gasteiger partial charge in [0, 0.05) is 12.2 Å². The first-order valence-electron chi connectivity index (χ1n) is 3.28. The lowest BCUT2D eigenvalue weighted by Crippen LogP contribution is -2.12. The first-order chi connectivity index (χ1) is 4.26. The van der Waals surface area contributed by atoms with Crippen LogP contribution in [0.25, 0.3) is 0 Å². The third-order valence-electron chi connectivity index (χ3n) is 1.43. The molecule has 0 heterocycles. The second-order valence-electron chi connectivity index (χ2n) is 1.90. The van der Waals surface area contributed by atoms with Gasteiger partial charge in [0.25, 0.3) is 0 Å². The van der Waals surface area contributed by atoms with Crippen LogP contribution in [0.3, 0.4) is 0 Å². The zero-order valence-corrected chi connectivity index (χ0v) is 6.52. The molecule has 1 nitrogen and oxygen atoms in total. The molecule has 0 aromatic carbocycles. The lowest BCUT2D eigenvalue weighted by Gasteiger charge is -2.17. The highest BCUT2D eigenvalue weighted by Gasteiger charge is 1.92. The first-order valence-corrected chi connectivity index (χ1v) is 3.28. The highest BCUT2D eigenvalue weighted by atomic mass is 15.1. The van der Waals surface area contributed by atoms with Gasteiger partial charge in [-0.05, 0) is 27.0 Å². The summed E-state index contributed by atoms with van der Waals surface area (Å²) in [6.07, 6.45) is 3.92. The summed E-state index contributed by atoms with van der Waals surface area (Å²) in [4.78, 5) is 2.10. The number of hydrogen-bond donors (Lipinski definition) is 0. The minimum Gasteiger partial charge on any atom is -0.353 e. The van der Waals surface area contributed by atoms with E-state index in [0.717, 1.165) is 6.54 Å². The SMILES string of the molecule is C=CN(CC)/C(C)=C\C. The summed E-state index contributed by atoms with van der Waals surface area (Å²) in [6.45, 7) is 10.9. The van der Waals surface area contributed by atoms with Crippen LogP contribution in [0.1, 0.15) is 20.8 Å². The molecule has 1 heteroatoms. The Bertz CT molecular complexity index is 114. The molecule has 0 aliphatic carbocycles. The highest BCUT2D eigenvalue weighted by molar-refractivity contribution is 4.98. The van der Waals surface area contributed by atoms with E-state index in [0.29, 0.717) is 0 Å². The van der Waals surface area contributed by atoms with Crippen LogP contribution >= 0.6 is 0 Å². The summed E-state index contributed by atoms with van der Waals surface area (Å²) in [7, 11) is 0. The van der Waals surface area contributed by atoms with Crippen molar-refractivity contribution in [2.45, 2.75) is 20.8 Å². The van der Waals surface area contributed by atoms with Gasteiger partial charge in [-0.15, -0.1) is 0 Å². The zero-order valence-electron chi connectivity index (χ0n) is 6.52. The molecule has 0 atom stereocenters. The molecular weight excluding hydrogens is 110 g/mol. The van der Waals surface area contributed by atoms with Crippen LogP contribution < -0.4 is 0 Å². The second-order valence-corrected chi connectivity index (χ2v) is 1.90. The van der Waals surface area contributed by atoms with Crippen LogP contribution in [-0.4, -0.2) is 11.4 Å². The molecule has 9 heavy (non-hydrogen) atoms. The van der Waals surface area contributed by atoms with E-state index in [4.69, 9.17) is 0 Å². The predicted molar refractivity (Wildman–Crippen MR) is 42.0 cm³/mol. The Balaban J connectivity index is 3.94. The number of hydrogen-bond acceptors (Lipinski definition) is 1. The molecule has 0 aliphatic heterocycles. The standard InChI is InChI=1S/C8H15N/c1-5-8(4)9(6-2)7-3/h5-6H,2,7H2,1,3-4H3/b8-5-. The number of allylic oxidation sites excluding steroid dienone is 2.